The van der Waals surface area contributed by atoms with Crippen LogP contribution in [-0.2, 0) is 18.4 Å². The van der Waals surface area contributed by atoms with Crippen molar-refractivity contribution in [3.63, 3.8) is 0 Å². The van der Waals surface area contributed by atoms with Crippen molar-refractivity contribution in [2.24, 2.45) is 7.05 Å². The fraction of sp³-hybridized carbons (Fsp3) is 0.714. The Labute approximate surface area is 80.1 Å². The van der Waals surface area contributed by atoms with Gasteiger partial charge in [-0.05, 0) is 29.8 Å². The number of halogens is 1. The lowest BCUT2D eigenvalue weighted by molar-refractivity contribution is 0.0594. The van der Waals surface area contributed by atoms with Gasteiger partial charge >= 0.3 is 0 Å². The molecule has 0 bridgehead atoms. The van der Waals surface area contributed by atoms with Gasteiger partial charge in [0.1, 0.15) is 6.61 Å². The van der Waals surface area contributed by atoms with Crippen molar-refractivity contribution in [2.45, 2.75) is 26.6 Å². The third kappa shape index (κ3) is 2.57. The van der Waals surface area contributed by atoms with Crippen LogP contribution in [0.4, 0.5) is 0 Å². The lowest BCUT2D eigenvalue weighted by Crippen LogP contribution is -2.07. The van der Waals surface area contributed by atoms with Gasteiger partial charge in [0.25, 0.3) is 0 Å². The van der Waals surface area contributed by atoms with Crippen LogP contribution < -0.4 is 0 Å². The number of hydrogen-bond acceptors (Lipinski definition) is 3. The highest BCUT2D eigenvalue weighted by Crippen LogP contribution is 2.05. The summed E-state index contributed by atoms with van der Waals surface area (Å²) in [6.07, 6.45) is 0.223. The first-order chi connectivity index (χ1) is 5.59. The zero-order valence-electron chi connectivity index (χ0n) is 7.41. The summed E-state index contributed by atoms with van der Waals surface area (Å²) in [4.78, 5) is 4.13. The summed E-state index contributed by atoms with van der Waals surface area (Å²) in [6, 6.07) is 0. The first-order valence-electron chi connectivity index (χ1n) is 3.76. The van der Waals surface area contributed by atoms with E-state index in [9.17, 15) is 0 Å². The molecule has 12 heavy (non-hydrogen) atoms. The van der Waals surface area contributed by atoms with E-state index in [4.69, 9.17) is 4.74 Å². The van der Waals surface area contributed by atoms with Crippen molar-refractivity contribution < 1.29 is 4.74 Å². The molecule has 1 heterocycles. The predicted octanol–water partition coefficient (Wildman–Crippen LogP) is 1.50. The summed E-state index contributed by atoms with van der Waals surface area (Å²) in [6.45, 7) is 4.49. The van der Waals surface area contributed by atoms with Crippen molar-refractivity contribution in [3.8, 4) is 0 Å². The number of aromatic nitrogens is 3. The molecule has 0 saturated heterocycles. The standard InChI is InChI=1S/C7H12BrN3O/c1-5(2)12-4-6-9-7(8)10-11(6)3/h5H,4H2,1-3H3. The molecular formula is C7H12BrN3O. The number of aryl methyl sites for hydroxylation is 1. The van der Waals surface area contributed by atoms with Gasteiger partial charge in [-0.25, -0.2) is 9.67 Å². The van der Waals surface area contributed by atoms with Crippen LogP contribution in [-0.4, -0.2) is 20.9 Å². The Bertz CT molecular complexity index is 259. The average molecular weight is 234 g/mol. The van der Waals surface area contributed by atoms with Gasteiger partial charge in [-0.2, -0.15) is 0 Å². The van der Waals surface area contributed by atoms with E-state index in [1.807, 2.05) is 20.9 Å². The van der Waals surface area contributed by atoms with Crippen LogP contribution in [0.5, 0.6) is 0 Å². The Kier molecular flexibility index (Phi) is 3.22. The lowest BCUT2D eigenvalue weighted by Gasteiger charge is -2.05. The molecule has 0 spiro atoms. The molecule has 68 valence electrons. The van der Waals surface area contributed by atoms with Crippen molar-refractivity contribution in [1.29, 1.82) is 0 Å². The second-order valence-electron chi connectivity index (χ2n) is 2.78. The molecule has 0 unspecified atom stereocenters. The minimum Gasteiger partial charge on any atom is -0.371 e. The van der Waals surface area contributed by atoms with E-state index in [-0.39, 0.29) is 6.10 Å². The fourth-order valence-electron chi connectivity index (χ4n) is 0.750. The van der Waals surface area contributed by atoms with Gasteiger partial charge in [0.2, 0.25) is 4.73 Å². The van der Waals surface area contributed by atoms with Crippen LogP contribution in [0.25, 0.3) is 0 Å². The zero-order valence-corrected chi connectivity index (χ0v) is 9.00. The molecule has 4 nitrogen and oxygen atoms in total. The van der Waals surface area contributed by atoms with Crippen LogP contribution in [0, 0.1) is 0 Å². The summed E-state index contributed by atoms with van der Waals surface area (Å²) in [5.41, 5.74) is 0. The van der Waals surface area contributed by atoms with E-state index < -0.39 is 0 Å². The molecule has 5 heteroatoms. The molecule has 0 saturated carbocycles. The van der Waals surface area contributed by atoms with Crippen LogP contribution in [0.1, 0.15) is 19.7 Å². The second kappa shape index (κ2) is 4.00. The summed E-state index contributed by atoms with van der Waals surface area (Å²) >= 11 is 3.19. The molecule has 0 radical (unpaired) electrons. The normalized spacial score (nSPS) is 11.1. The van der Waals surface area contributed by atoms with Crippen molar-refractivity contribution >= 4 is 15.9 Å². The average Bonchev–Trinajstić information content (AvgIpc) is 2.26. The molecule has 0 fully saturated rings. The van der Waals surface area contributed by atoms with Gasteiger partial charge in [-0.1, -0.05) is 0 Å². The van der Waals surface area contributed by atoms with E-state index in [2.05, 4.69) is 26.0 Å². The molecule has 0 amide bonds. The maximum atomic E-state index is 5.38. The first kappa shape index (κ1) is 9.67. The molecule has 0 aromatic carbocycles. The third-order valence-corrected chi connectivity index (χ3v) is 1.71. The Morgan fingerprint density at radius 2 is 2.25 bits per heavy atom. The highest BCUT2D eigenvalue weighted by atomic mass is 79.9. The Hall–Kier alpha value is -0.420. The molecule has 0 aliphatic heterocycles. The monoisotopic (exact) mass is 233 g/mol. The highest BCUT2D eigenvalue weighted by Gasteiger charge is 2.05. The zero-order chi connectivity index (χ0) is 9.14. The van der Waals surface area contributed by atoms with Gasteiger partial charge in [0, 0.05) is 7.05 Å². The molecule has 1 aromatic heterocycles. The molecule has 1 aromatic rings. The molecular weight excluding hydrogens is 222 g/mol. The number of ether oxygens (including phenoxy) is 1. The summed E-state index contributed by atoms with van der Waals surface area (Å²) in [5, 5.41) is 4.03. The number of nitrogens with zero attached hydrogens (tertiary/aromatic N) is 3. The van der Waals surface area contributed by atoms with Gasteiger partial charge in [0.15, 0.2) is 5.82 Å². The molecule has 1 rings (SSSR count). The molecule has 0 aliphatic carbocycles. The molecule has 0 atom stereocenters. The highest BCUT2D eigenvalue weighted by molar-refractivity contribution is 9.10. The maximum Gasteiger partial charge on any atom is 0.217 e. The molecule has 0 aliphatic rings. The minimum absolute atomic E-state index is 0.223. The van der Waals surface area contributed by atoms with Crippen molar-refractivity contribution in [2.75, 3.05) is 0 Å². The number of hydrogen-bond donors (Lipinski definition) is 0. The van der Waals surface area contributed by atoms with Gasteiger partial charge < -0.3 is 4.74 Å². The minimum atomic E-state index is 0.223. The van der Waals surface area contributed by atoms with E-state index in [1.165, 1.54) is 0 Å². The fourth-order valence-corrected chi connectivity index (χ4v) is 1.19. The molecule has 0 N–H and O–H groups in total. The number of rotatable bonds is 3. The SMILES string of the molecule is CC(C)OCc1nc(Br)nn1C. The van der Waals surface area contributed by atoms with E-state index in [1.54, 1.807) is 4.68 Å². The van der Waals surface area contributed by atoms with Crippen LogP contribution in [0.2, 0.25) is 0 Å². The lowest BCUT2D eigenvalue weighted by atomic mass is 10.5. The first-order valence-corrected chi connectivity index (χ1v) is 4.56. The van der Waals surface area contributed by atoms with Crippen LogP contribution in [0.3, 0.4) is 0 Å². The summed E-state index contributed by atoms with van der Waals surface area (Å²) in [5.74, 6) is 0.829. The van der Waals surface area contributed by atoms with Crippen LogP contribution >= 0.6 is 15.9 Å². The largest absolute Gasteiger partial charge is 0.371 e. The second-order valence-corrected chi connectivity index (χ2v) is 3.49. The third-order valence-electron chi connectivity index (χ3n) is 1.37. The van der Waals surface area contributed by atoms with Gasteiger partial charge in [0.05, 0.1) is 6.10 Å². The Morgan fingerprint density at radius 3 is 2.67 bits per heavy atom. The van der Waals surface area contributed by atoms with Crippen molar-refractivity contribution in [3.05, 3.63) is 10.6 Å². The van der Waals surface area contributed by atoms with E-state index in [0.717, 1.165) is 5.82 Å². The summed E-state index contributed by atoms with van der Waals surface area (Å²) < 4.78 is 7.68. The Morgan fingerprint density at radius 1 is 1.58 bits per heavy atom. The van der Waals surface area contributed by atoms with Crippen LogP contribution in [0.15, 0.2) is 4.73 Å². The maximum absolute atomic E-state index is 5.38. The van der Waals surface area contributed by atoms with E-state index >= 15 is 0 Å². The van der Waals surface area contributed by atoms with Crippen molar-refractivity contribution in [1.82, 2.24) is 14.8 Å². The predicted molar refractivity (Wildman–Crippen MR) is 48.6 cm³/mol. The quantitative estimate of drug-likeness (QED) is 0.795. The van der Waals surface area contributed by atoms with Gasteiger partial charge in [-0.3, -0.25) is 0 Å². The topological polar surface area (TPSA) is 39.9 Å². The Balaban J connectivity index is 2.57. The van der Waals surface area contributed by atoms with Gasteiger partial charge in [-0.15, -0.1) is 5.10 Å². The van der Waals surface area contributed by atoms with E-state index in [0.29, 0.717) is 11.3 Å². The smallest absolute Gasteiger partial charge is 0.217 e. The summed E-state index contributed by atoms with van der Waals surface area (Å²) in [7, 11) is 1.84.